The Morgan fingerprint density at radius 1 is 1.22 bits per heavy atom. The van der Waals surface area contributed by atoms with Gasteiger partial charge in [-0.2, -0.15) is 0 Å². The molecule has 2 rings (SSSR count). The fourth-order valence-corrected chi connectivity index (χ4v) is 2.43. The van der Waals surface area contributed by atoms with E-state index in [2.05, 4.69) is 0 Å². The van der Waals surface area contributed by atoms with E-state index < -0.39 is 11.6 Å². The van der Waals surface area contributed by atoms with Gasteiger partial charge in [-0.25, -0.2) is 4.79 Å². The highest BCUT2D eigenvalue weighted by atomic mass is 16.6. The maximum absolute atomic E-state index is 12.0. The number of carbonyl (C=O) groups excluding carboxylic acids is 1. The molecular weight excluding hydrogens is 294 g/mol. The van der Waals surface area contributed by atoms with Gasteiger partial charge < -0.3 is 14.7 Å². The highest BCUT2D eigenvalue weighted by Crippen LogP contribution is 2.24. The molecule has 0 unspecified atom stereocenters. The van der Waals surface area contributed by atoms with Crippen LogP contribution in [-0.4, -0.2) is 40.8 Å². The fourth-order valence-electron chi connectivity index (χ4n) is 2.43. The van der Waals surface area contributed by atoms with Gasteiger partial charge in [0, 0.05) is 13.1 Å². The number of hydrogen-bond acceptors (Lipinski definition) is 3. The monoisotopic (exact) mass is 317 g/mol. The minimum Gasteiger partial charge on any atom is -0.481 e. The Bertz CT molecular complexity index is 611. The molecular formula is C18H23NO4. The Morgan fingerprint density at radius 2 is 1.87 bits per heavy atom. The van der Waals surface area contributed by atoms with E-state index in [4.69, 9.17) is 9.84 Å². The average Bonchev–Trinajstić information content (AvgIpc) is 2.46. The molecule has 0 radical (unpaired) electrons. The van der Waals surface area contributed by atoms with Crippen LogP contribution in [0.4, 0.5) is 4.79 Å². The molecule has 1 aliphatic heterocycles. The van der Waals surface area contributed by atoms with Crippen molar-refractivity contribution in [2.45, 2.75) is 39.2 Å². The van der Waals surface area contributed by atoms with E-state index in [-0.39, 0.29) is 12.5 Å². The third-order valence-electron chi connectivity index (χ3n) is 3.54. The molecule has 0 bridgehead atoms. The topological polar surface area (TPSA) is 66.8 Å². The highest BCUT2D eigenvalue weighted by molar-refractivity contribution is 5.73. The van der Waals surface area contributed by atoms with Gasteiger partial charge in [-0.05, 0) is 43.9 Å². The molecule has 1 N–H and O–H groups in total. The van der Waals surface area contributed by atoms with Gasteiger partial charge in [-0.1, -0.05) is 30.3 Å². The van der Waals surface area contributed by atoms with E-state index in [1.807, 2.05) is 51.1 Å². The van der Waals surface area contributed by atoms with Crippen LogP contribution in [0.1, 0.15) is 38.3 Å². The first-order valence-electron chi connectivity index (χ1n) is 7.73. The Hall–Kier alpha value is -2.30. The minimum atomic E-state index is -0.831. The normalized spacial score (nSPS) is 15.1. The second-order valence-electron chi connectivity index (χ2n) is 6.67. The molecule has 1 heterocycles. The number of hydrogen-bond donors (Lipinski definition) is 1. The molecule has 124 valence electrons. The van der Waals surface area contributed by atoms with Crippen LogP contribution in [0.15, 0.2) is 30.3 Å². The molecule has 1 aromatic rings. The van der Waals surface area contributed by atoms with Crippen LogP contribution < -0.4 is 0 Å². The van der Waals surface area contributed by atoms with E-state index >= 15 is 0 Å². The molecule has 5 nitrogen and oxygen atoms in total. The first kappa shape index (κ1) is 17.1. The number of carbonyl (C=O) groups is 2. The molecule has 0 aliphatic carbocycles. The Balaban J connectivity index is 1.98. The van der Waals surface area contributed by atoms with Crippen LogP contribution in [0.25, 0.3) is 5.57 Å². The van der Waals surface area contributed by atoms with Crippen molar-refractivity contribution in [2.24, 2.45) is 0 Å². The van der Waals surface area contributed by atoms with E-state index in [9.17, 15) is 9.59 Å². The lowest BCUT2D eigenvalue weighted by Crippen LogP contribution is -2.39. The van der Waals surface area contributed by atoms with Crippen molar-refractivity contribution < 1.29 is 19.4 Å². The molecule has 0 saturated heterocycles. The molecule has 0 atom stereocenters. The van der Waals surface area contributed by atoms with Crippen LogP contribution >= 0.6 is 0 Å². The molecule has 0 spiro atoms. The third-order valence-corrected chi connectivity index (χ3v) is 3.54. The molecule has 0 fully saturated rings. The number of carboxylic acid groups (broad SMARTS) is 1. The number of nitrogens with zero attached hydrogens (tertiary/aromatic N) is 1. The van der Waals surface area contributed by atoms with Gasteiger partial charge in [0.2, 0.25) is 0 Å². The average molecular weight is 317 g/mol. The van der Waals surface area contributed by atoms with E-state index in [0.717, 1.165) is 17.5 Å². The van der Waals surface area contributed by atoms with Crippen molar-refractivity contribution in [3.63, 3.8) is 0 Å². The summed E-state index contributed by atoms with van der Waals surface area (Å²) in [6.45, 7) is 6.72. The van der Waals surface area contributed by atoms with Crippen LogP contribution in [0, 0.1) is 0 Å². The van der Waals surface area contributed by atoms with Crippen molar-refractivity contribution in [1.29, 1.82) is 0 Å². The quantitative estimate of drug-likeness (QED) is 0.928. The lowest BCUT2D eigenvalue weighted by Gasteiger charge is -2.29. The third kappa shape index (κ3) is 5.13. The van der Waals surface area contributed by atoms with Crippen molar-refractivity contribution in [3.8, 4) is 0 Å². The van der Waals surface area contributed by atoms with Gasteiger partial charge in [0.1, 0.15) is 5.60 Å². The van der Waals surface area contributed by atoms with Gasteiger partial charge in [0.05, 0.1) is 6.42 Å². The zero-order valence-electron chi connectivity index (χ0n) is 13.8. The van der Waals surface area contributed by atoms with E-state index in [1.54, 1.807) is 4.90 Å². The van der Waals surface area contributed by atoms with Gasteiger partial charge >= 0.3 is 12.1 Å². The predicted molar refractivity (Wildman–Crippen MR) is 88.2 cm³/mol. The number of amides is 1. The molecule has 23 heavy (non-hydrogen) atoms. The summed E-state index contributed by atoms with van der Waals surface area (Å²) in [7, 11) is 0. The number of carboxylic acids is 1. The van der Waals surface area contributed by atoms with Crippen LogP contribution in [-0.2, 0) is 16.0 Å². The SMILES string of the molecule is CC(C)(C)OC(=O)N1CC=C(c2ccc(CC(=O)O)cc2)CC1. The van der Waals surface area contributed by atoms with Gasteiger partial charge in [0.25, 0.3) is 0 Å². The van der Waals surface area contributed by atoms with E-state index in [1.165, 1.54) is 5.57 Å². The number of benzene rings is 1. The van der Waals surface area contributed by atoms with Crippen LogP contribution in [0.3, 0.4) is 0 Å². The van der Waals surface area contributed by atoms with Crippen molar-refractivity contribution >= 4 is 17.6 Å². The molecule has 5 heteroatoms. The first-order chi connectivity index (χ1) is 10.7. The van der Waals surface area contributed by atoms with Crippen molar-refractivity contribution in [1.82, 2.24) is 4.90 Å². The summed E-state index contributed by atoms with van der Waals surface area (Å²) in [5, 5.41) is 8.79. The maximum atomic E-state index is 12.0. The zero-order valence-corrected chi connectivity index (χ0v) is 13.8. The minimum absolute atomic E-state index is 0.0335. The summed E-state index contributed by atoms with van der Waals surface area (Å²) in [5.74, 6) is -0.831. The lowest BCUT2D eigenvalue weighted by molar-refractivity contribution is -0.136. The first-order valence-corrected chi connectivity index (χ1v) is 7.73. The molecule has 0 saturated carbocycles. The van der Waals surface area contributed by atoms with Gasteiger partial charge in [0.15, 0.2) is 0 Å². The summed E-state index contributed by atoms with van der Waals surface area (Å²) in [6, 6.07) is 7.55. The Morgan fingerprint density at radius 3 is 2.35 bits per heavy atom. The second-order valence-corrected chi connectivity index (χ2v) is 6.67. The number of ether oxygens (including phenoxy) is 1. The molecule has 1 aliphatic rings. The lowest BCUT2D eigenvalue weighted by atomic mass is 9.98. The van der Waals surface area contributed by atoms with Crippen molar-refractivity contribution in [2.75, 3.05) is 13.1 Å². The van der Waals surface area contributed by atoms with Gasteiger partial charge in [-0.3, -0.25) is 4.79 Å². The van der Waals surface area contributed by atoms with Crippen LogP contribution in [0.5, 0.6) is 0 Å². The largest absolute Gasteiger partial charge is 0.481 e. The summed E-state index contributed by atoms with van der Waals surface area (Å²) in [5.41, 5.74) is 2.55. The van der Waals surface area contributed by atoms with Crippen LogP contribution in [0.2, 0.25) is 0 Å². The van der Waals surface area contributed by atoms with Crippen molar-refractivity contribution in [3.05, 3.63) is 41.5 Å². The van der Waals surface area contributed by atoms with Gasteiger partial charge in [-0.15, -0.1) is 0 Å². The Kier molecular flexibility index (Phi) is 5.08. The molecule has 1 amide bonds. The zero-order chi connectivity index (χ0) is 17.0. The number of aliphatic carboxylic acids is 1. The summed E-state index contributed by atoms with van der Waals surface area (Å²) < 4.78 is 5.37. The summed E-state index contributed by atoms with van der Waals surface area (Å²) in [4.78, 5) is 24.4. The smallest absolute Gasteiger partial charge is 0.410 e. The van der Waals surface area contributed by atoms with E-state index in [0.29, 0.717) is 13.1 Å². The Labute approximate surface area is 136 Å². The highest BCUT2D eigenvalue weighted by Gasteiger charge is 2.23. The molecule has 0 aromatic heterocycles. The fraction of sp³-hybridized carbons (Fsp3) is 0.444. The summed E-state index contributed by atoms with van der Waals surface area (Å²) in [6.07, 6.45) is 2.53. The predicted octanol–water partition coefficient (Wildman–Crippen LogP) is 3.34. The summed E-state index contributed by atoms with van der Waals surface area (Å²) >= 11 is 0. The molecule has 1 aromatic carbocycles. The second kappa shape index (κ2) is 6.86. The standard InChI is InChI=1S/C18H23NO4/c1-18(2,3)23-17(22)19-10-8-15(9-11-19)14-6-4-13(5-7-14)12-16(20)21/h4-8H,9-12H2,1-3H3,(H,20,21). The maximum Gasteiger partial charge on any atom is 0.410 e. The number of rotatable bonds is 3.